The van der Waals surface area contributed by atoms with Crippen molar-refractivity contribution in [2.45, 2.75) is 17.9 Å². The molecule has 0 amide bonds. The van der Waals surface area contributed by atoms with Crippen LogP contribution >= 0.6 is 11.8 Å². The molecule has 0 aliphatic heterocycles. The standard InChI is InChI=1S/C14H16N2OS/c1-10(15)13-4-3-9-16-14(13)17-11-5-7-12(18-2)8-6-11/h3-10H,15H2,1-2H3. The molecule has 1 heterocycles. The van der Waals surface area contributed by atoms with E-state index in [-0.39, 0.29) is 6.04 Å². The highest BCUT2D eigenvalue weighted by Gasteiger charge is 2.09. The maximum atomic E-state index is 5.89. The van der Waals surface area contributed by atoms with Gasteiger partial charge in [0.05, 0.1) is 0 Å². The molecule has 2 N–H and O–H groups in total. The number of nitrogens with zero attached hydrogens (tertiary/aromatic N) is 1. The van der Waals surface area contributed by atoms with Gasteiger partial charge in [0.15, 0.2) is 0 Å². The number of rotatable bonds is 4. The molecule has 3 nitrogen and oxygen atoms in total. The van der Waals surface area contributed by atoms with E-state index >= 15 is 0 Å². The summed E-state index contributed by atoms with van der Waals surface area (Å²) in [7, 11) is 0. The lowest BCUT2D eigenvalue weighted by Crippen LogP contribution is -2.07. The molecule has 1 unspecified atom stereocenters. The van der Waals surface area contributed by atoms with Crippen LogP contribution in [-0.4, -0.2) is 11.2 Å². The van der Waals surface area contributed by atoms with Crippen LogP contribution in [0.25, 0.3) is 0 Å². The van der Waals surface area contributed by atoms with Crippen LogP contribution in [-0.2, 0) is 0 Å². The maximum absolute atomic E-state index is 5.89. The smallest absolute Gasteiger partial charge is 0.223 e. The molecule has 0 aliphatic rings. The van der Waals surface area contributed by atoms with Crippen molar-refractivity contribution in [3.63, 3.8) is 0 Å². The van der Waals surface area contributed by atoms with Crippen LogP contribution in [0.1, 0.15) is 18.5 Å². The molecule has 2 aromatic rings. The third-order valence-electron chi connectivity index (χ3n) is 2.57. The Morgan fingerprint density at radius 3 is 2.56 bits per heavy atom. The average Bonchev–Trinajstić information content (AvgIpc) is 2.40. The Bertz CT molecular complexity index is 511. The quantitative estimate of drug-likeness (QED) is 0.853. The predicted octanol–water partition coefficient (Wildman–Crippen LogP) is 3.62. The zero-order valence-corrected chi connectivity index (χ0v) is 11.3. The zero-order chi connectivity index (χ0) is 13.0. The monoisotopic (exact) mass is 260 g/mol. The molecule has 18 heavy (non-hydrogen) atoms. The summed E-state index contributed by atoms with van der Waals surface area (Å²) in [5.41, 5.74) is 6.80. The lowest BCUT2D eigenvalue weighted by molar-refractivity contribution is 0.452. The molecule has 0 radical (unpaired) electrons. The Kier molecular flexibility index (Phi) is 4.23. The minimum atomic E-state index is -0.0980. The van der Waals surface area contributed by atoms with E-state index in [9.17, 15) is 0 Å². The first-order valence-electron chi connectivity index (χ1n) is 5.73. The summed E-state index contributed by atoms with van der Waals surface area (Å²) in [5, 5.41) is 0. The molecule has 0 aliphatic carbocycles. The minimum Gasteiger partial charge on any atom is -0.439 e. The minimum absolute atomic E-state index is 0.0980. The predicted molar refractivity (Wildman–Crippen MR) is 75.1 cm³/mol. The van der Waals surface area contributed by atoms with Crippen molar-refractivity contribution in [3.05, 3.63) is 48.2 Å². The van der Waals surface area contributed by atoms with Crippen LogP contribution in [0.15, 0.2) is 47.5 Å². The topological polar surface area (TPSA) is 48.1 Å². The average molecular weight is 260 g/mol. The molecule has 0 bridgehead atoms. The van der Waals surface area contributed by atoms with Gasteiger partial charge in [-0.1, -0.05) is 6.07 Å². The van der Waals surface area contributed by atoms with Crippen LogP contribution in [0.2, 0.25) is 0 Å². The number of hydrogen-bond acceptors (Lipinski definition) is 4. The summed E-state index contributed by atoms with van der Waals surface area (Å²) in [6.45, 7) is 1.92. The molecule has 4 heteroatoms. The number of pyridine rings is 1. The van der Waals surface area contributed by atoms with E-state index in [0.717, 1.165) is 11.3 Å². The van der Waals surface area contributed by atoms with E-state index in [1.165, 1.54) is 4.90 Å². The van der Waals surface area contributed by atoms with Gasteiger partial charge < -0.3 is 10.5 Å². The van der Waals surface area contributed by atoms with Crippen LogP contribution in [0.4, 0.5) is 0 Å². The van der Waals surface area contributed by atoms with Crippen molar-refractivity contribution in [1.82, 2.24) is 4.98 Å². The Labute approximate surface area is 111 Å². The third kappa shape index (κ3) is 3.03. The first kappa shape index (κ1) is 12.9. The Hall–Kier alpha value is -1.52. The molecule has 2 rings (SSSR count). The first-order chi connectivity index (χ1) is 8.70. The van der Waals surface area contributed by atoms with Gasteiger partial charge in [-0.25, -0.2) is 4.98 Å². The number of aromatic nitrogens is 1. The second kappa shape index (κ2) is 5.89. The van der Waals surface area contributed by atoms with Gasteiger partial charge in [-0.3, -0.25) is 0 Å². The lowest BCUT2D eigenvalue weighted by Gasteiger charge is -2.12. The molecular formula is C14H16N2OS. The summed E-state index contributed by atoms with van der Waals surface area (Å²) in [6.07, 6.45) is 3.75. The molecule has 0 fully saturated rings. The van der Waals surface area contributed by atoms with Crippen LogP contribution in [0.3, 0.4) is 0 Å². The van der Waals surface area contributed by atoms with E-state index < -0.39 is 0 Å². The second-order valence-corrected chi connectivity index (χ2v) is 4.84. The molecule has 94 valence electrons. The molecule has 0 saturated heterocycles. The second-order valence-electron chi connectivity index (χ2n) is 3.96. The van der Waals surface area contributed by atoms with Crippen LogP contribution in [0.5, 0.6) is 11.6 Å². The highest BCUT2D eigenvalue weighted by atomic mass is 32.2. The van der Waals surface area contributed by atoms with E-state index in [4.69, 9.17) is 10.5 Å². The van der Waals surface area contributed by atoms with Crippen molar-refractivity contribution in [1.29, 1.82) is 0 Å². The fourth-order valence-corrected chi connectivity index (χ4v) is 2.00. The van der Waals surface area contributed by atoms with Crippen molar-refractivity contribution in [3.8, 4) is 11.6 Å². The van der Waals surface area contributed by atoms with E-state index in [1.54, 1.807) is 18.0 Å². The van der Waals surface area contributed by atoms with Crippen molar-refractivity contribution in [2.75, 3.05) is 6.26 Å². The fourth-order valence-electron chi connectivity index (χ4n) is 1.59. The van der Waals surface area contributed by atoms with Crippen molar-refractivity contribution >= 4 is 11.8 Å². The summed E-state index contributed by atoms with van der Waals surface area (Å²) in [4.78, 5) is 5.43. The number of thioether (sulfide) groups is 1. The summed E-state index contributed by atoms with van der Waals surface area (Å²) < 4.78 is 5.77. The summed E-state index contributed by atoms with van der Waals surface area (Å²) >= 11 is 1.70. The number of nitrogens with two attached hydrogens (primary N) is 1. The van der Waals surface area contributed by atoms with Gasteiger partial charge in [0.25, 0.3) is 0 Å². The number of benzene rings is 1. The van der Waals surface area contributed by atoms with Gasteiger partial charge in [0, 0.05) is 22.7 Å². The van der Waals surface area contributed by atoms with Gasteiger partial charge in [0.1, 0.15) is 5.75 Å². The van der Waals surface area contributed by atoms with Gasteiger partial charge >= 0.3 is 0 Å². The lowest BCUT2D eigenvalue weighted by atomic mass is 10.1. The van der Waals surface area contributed by atoms with E-state index in [2.05, 4.69) is 4.98 Å². The molecule has 1 aromatic heterocycles. The molecule has 1 aromatic carbocycles. The van der Waals surface area contributed by atoms with Gasteiger partial charge in [-0.05, 0) is 43.5 Å². The van der Waals surface area contributed by atoms with Crippen LogP contribution in [0, 0.1) is 0 Å². The van der Waals surface area contributed by atoms with Crippen molar-refractivity contribution < 1.29 is 4.74 Å². The number of ether oxygens (including phenoxy) is 1. The Balaban J connectivity index is 2.22. The maximum Gasteiger partial charge on any atom is 0.223 e. The molecule has 0 saturated carbocycles. The Morgan fingerprint density at radius 1 is 1.22 bits per heavy atom. The van der Waals surface area contributed by atoms with E-state index in [1.807, 2.05) is 49.6 Å². The molecule has 1 atom stereocenters. The fraction of sp³-hybridized carbons (Fsp3) is 0.214. The highest BCUT2D eigenvalue weighted by molar-refractivity contribution is 7.98. The summed E-state index contributed by atoms with van der Waals surface area (Å²) in [5.74, 6) is 1.35. The third-order valence-corrected chi connectivity index (χ3v) is 3.31. The zero-order valence-electron chi connectivity index (χ0n) is 10.5. The number of hydrogen-bond donors (Lipinski definition) is 1. The van der Waals surface area contributed by atoms with Gasteiger partial charge in [-0.15, -0.1) is 11.8 Å². The van der Waals surface area contributed by atoms with Gasteiger partial charge in [0.2, 0.25) is 5.88 Å². The molecule has 0 spiro atoms. The SMILES string of the molecule is CSc1ccc(Oc2ncccc2C(C)N)cc1. The Morgan fingerprint density at radius 2 is 1.94 bits per heavy atom. The highest BCUT2D eigenvalue weighted by Crippen LogP contribution is 2.27. The largest absolute Gasteiger partial charge is 0.439 e. The summed E-state index contributed by atoms with van der Waals surface area (Å²) in [6, 6.07) is 11.6. The normalized spacial score (nSPS) is 12.2. The van der Waals surface area contributed by atoms with Crippen LogP contribution < -0.4 is 10.5 Å². The van der Waals surface area contributed by atoms with E-state index in [0.29, 0.717) is 5.88 Å². The first-order valence-corrected chi connectivity index (χ1v) is 6.95. The molecular weight excluding hydrogens is 244 g/mol. The van der Waals surface area contributed by atoms with Crippen molar-refractivity contribution in [2.24, 2.45) is 5.73 Å². The van der Waals surface area contributed by atoms with Gasteiger partial charge in [-0.2, -0.15) is 0 Å².